The average molecular weight is 313 g/mol. The molecule has 1 aromatic rings. The first-order valence-electron chi connectivity index (χ1n) is 9.12. The van der Waals surface area contributed by atoms with E-state index in [1.54, 1.807) is 0 Å². The van der Waals surface area contributed by atoms with Gasteiger partial charge in [-0.2, -0.15) is 0 Å². The van der Waals surface area contributed by atoms with Crippen LogP contribution in [0.15, 0.2) is 18.2 Å². The van der Waals surface area contributed by atoms with E-state index in [0.29, 0.717) is 5.04 Å². The van der Waals surface area contributed by atoms with Gasteiger partial charge in [0.25, 0.3) is 0 Å². The zero-order valence-electron chi connectivity index (χ0n) is 15.2. The van der Waals surface area contributed by atoms with Gasteiger partial charge in [0.2, 0.25) is 0 Å². The molecule has 0 radical (unpaired) electrons. The summed E-state index contributed by atoms with van der Waals surface area (Å²) in [5.74, 6) is 7.46. The van der Waals surface area contributed by atoms with Crippen LogP contribution in [0.1, 0.15) is 63.1 Å². The highest BCUT2D eigenvalue weighted by molar-refractivity contribution is 6.83. The van der Waals surface area contributed by atoms with E-state index in [1.807, 2.05) is 0 Å². The van der Waals surface area contributed by atoms with Crippen molar-refractivity contribution in [2.45, 2.75) is 83.5 Å². The smallest absolute Gasteiger partial charge is 0.0737 e. The SMILES string of the molecule is CCC1(C#Cc2cc(C)cc(C)c2)CCCC[Si]1(CC)CC. The number of rotatable bonds is 3. The number of hydrogen-bond acceptors (Lipinski definition) is 0. The van der Waals surface area contributed by atoms with Crippen molar-refractivity contribution < 1.29 is 0 Å². The molecule has 120 valence electrons. The Morgan fingerprint density at radius 3 is 2.18 bits per heavy atom. The molecule has 1 unspecified atom stereocenters. The molecule has 0 saturated carbocycles. The zero-order chi connectivity index (χ0) is 16.2. The number of benzene rings is 1. The molecule has 2 rings (SSSR count). The van der Waals surface area contributed by atoms with E-state index < -0.39 is 8.07 Å². The summed E-state index contributed by atoms with van der Waals surface area (Å²) in [6, 6.07) is 11.0. The Hall–Kier alpha value is -1.00. The monoisotopic (exact) mass is 312 g/mol. The third-order valence-electron chi connectivity index (χ3n) is 6.15. The van der Waals surface area contributed by atoms with Crippen molar-refractivity contribution in [1.29, 1.82) is 0 Å². The van der Waals surface area contributed by atoms with Crippen molar-refractivity contribution >= 4 is 8.07 Å². The molecule has 0 aromatic heterocycles. The minimum atomic E-state index is -1.26. The summed E-state index contributed by atoms with van der Waals surface area (Å²) in [5.41, 5.74) is 3.87. The fourth-order valence-corrected chi connectivity index (χ4v) is 10.5. The molecule has 0 bridgehead atoms. The van der Waals surface area contributed by atoms with Crippen molar-refractivity contribution in [3.8, 4) is 11.8 Å². The van der Waals surface area contributed by atoms with Gasteiger partial charge in [-0.3, -0.25) is 0 Å². The maximum atomic E-state index is 3.86. The normalized spacial score (nSPS) is 23.7. The van der Waals surface area contributed by atoms with Gasteiger partial charge in [-0.25, -0.2) is 0 Å². The summed E-state index contributed by atoms with van der Waals surface area (Å²) >= 11 is 0. The van der Waals surface area contributed by atoms with Crippen LogP contribution in [-0.4, -0.2) is 8.07 Å². The topological polar surface area (TPSA) is 0 Å². The van der Waals surface area contributed by atoms with Gasteiger partial charge in [-0.1, -0.05) is 69.7 Å². The average Bonchev–Trinajstić information content (AvgIpc) is 2.52. The predicted molar refractivity (Wildman–Crippen MR) is 101 cm³/mol. The van der Waals surface area contributed by atoms with Gasteiger partial charge < -0.3 is 0 Å². The van der Waals surface area contributed by atoms with Crippen molar-refractivity contribution in [3.63, 3.8) is 0 Å². The Morgan fingerprint density at radius 1 is 1.00 bits per heavy atom. The number of aryl methyl sites for hydroxylation is 2. The Labute approximate surface area is 138 Å². The van der Waals surface area contributed by atoms with Gasteiger partial charge in [-0.15, -0.1) is 0 Å². The highest BCUT2D eigenvalue weighted by Crippen LogP contribution is 2.55. The lowest BCUT2D eigenvalue weighted by Gasteiger charge is -2.49. The molecule has 1 fully saturated rings. The van der Waals surface area contributed by atoms with Crippen LogP contribution in [0.2, 0.25) is 23.2 Å². The molecular formula is C21H32Si. The summed E-state index contributed by atoms with van der Waals surface area (Å²) in [6.07, 6.45) is 5.42. The fourth-order valence-electron chi connectivity index (χ4n) is 4.75. The molecule has 1 aliphatic rings. The Kier molecular flexibility index (Phi) is 5.56. The van der Waals surface area contributed by atoms with Crippen molar-refractivity contribution in [3.05, 3.63) is 34.9 Å². The summed E-state index contributed by atoms with van der Waals surface area (Å²) in [6.45, 7) is 11.6. The summed E-state index contributed by atoms with van der Waals surface area (Å²) < 4.78 is 0. The quantitative estimate of drug-likeness (QED) is 0.443. The van der Waals surface area contributed by atoms with Crippen LogP contribution in [0.5, 0.6) is 0 Å². The molecule has 1 aliphatic heterocycles. The van der Waals surface area contributed by atoms with Crippen LogP contribution in [0, 0.1) is 25.7 Å². The third-order valence-corrected chi connectivity index (χ3v) is 12.9. The Bertz CT molecular complexity index is 551. The van der Waals surface area contributed by atoms with Crippen LogP contribution in [0.25, 0.3) is 0 Å². The lowest BCUT2D eigenvalue weighted by Crippen LogP contribution is -2.48. The second-order valence-electron chi connectivity index (χ2n) is 7.26. The van der Waals surface area contributed by atoms with E-state index in [0.717, 1.165) is 0 Å². The maximum Gasteiger partial charge on any atom is 0.0737 e. The Morgan fingerprint density at radius 2 is 1.64 bits per heavy atom. The maximum absolute atomic E-state index is 3.86. The van der Waals surface area contributed by atoms with Crippen LogP contribution in [0.3, 0.4) is 0 Å². The van der Waals surface area contributed by atoms with E-state index >= 15 is 0 Å². The van der Waals surface area contributed by atoms with Crippen molar-refractivity contribution in [1.82, 2.24) is 0 Å². The molecule has 0 N–H and O–H groups in total. The van der Waals surface area contributed by atoms with Crippen molar-refractivity contribution in [2.24, 2.45) is 0 Å². The predicted octanol–water partition coefficient (Wildman–Crippen LogP) is 6.48. The van der Waals surface area contributed by atoms with Crippen molar-refractivity contribution in [2.75, 3.05) is 0 Å². The molecule has 0 nitrogen and oxygen atoms in total. The molecular weight excluding hydrogens is 280 g/mol. The highest BCUT2D eigenvalue weighted by atomic mass is 28.3. The lowest BCUT2D eigenvalue weighted by atomic mass is 9.96. The van der Waals surface area contributed by atoms with Gasteiger partial charge in [0.1, 0.15) is 0 Å². The van der Waals surface area contributed by atoms with Gasteiger partial charge in [0.05, 0.1) is 8.07 Å². The summed E-state index contributed by atoms with van der Waals surface area (Å²) in [5, 5.41) is 0.354. The van der Waals surface area contributed by atoms with Gasteiger partial charge in [-0.05, 0) is 49.9 Å². The van der Waals surface area contributed by atoms with Crippen LogP contribution in [-0.2, 0) is 0 Å². The van der Waals surface area contributed by atoms with Crippen LogP contribution < -0.4 is 0 Å². The summed E-state index contributed by atoms with van der Waals surface area (Å²) in [4.78, 5) is 0. The second kappa shape index (κ2) is 7.05. The third kappa shape index (κ3) is 3.18. The molecule has 1 heteroatoms. The van der Waals surface area contributed by atoms with E-state index in [1.165, 1.54) is 60.5 Å². The molecule has 0 aliphatic carbocycles. The first kappa shape index (κ1) is 17.4. The molecule has 1 atom stereocenters. The molecule has 22 heavy (non-hydrogen) atoms. The molecule has 0 spiro atoms. The first-order valence-corrected chi connectivity index (χ1v) is 11.7. The van der Waals surface area contributed by atoms with E-state index in [2.05, 4.69) is 64.7 Å². The van der Waals surface area contributed by atoms with E-state index in [4.69, 9.17) is 0 Å². The fraction of sp³-hybridized carbons (Fsp3) is 0.619. The molecule has 1 saturated heterocycles. The number of hydrogen-bond donors (Lipinski definition) is 0. The largest absolute Gasteiger partial charge is 0.0943 e. The van der Waals surface area contributed by atoms with Crippen LogP contribution in [0.4, 0.5) is 0 Å². The Balaban J connectivity index is 2.44. The first-order chi connectivity index (χ1) is 10.5. The van der Waals surface area contributed by atoms with Gasteiger partial charge >= 0.3 is 0 Å². The highest BCUT2D eigenvalue weighted by Gasteiger charge is 2.49. The van der Waals surface area contributed by atoms with Gasteiger partial charge in [0, 0.05) is 10.6 Å². The minimum Gasteiger partial charge on any atom is -0.0943 e. The van der Waals surface area contributed by atoms with Crippen LogP contribution >= 0.6 is 0 Å². The standard InChI is InChI=1S/C21H32Si/c1-6-21(12-9-10-14-22(21,7-2)8-3)13-11-20-16-18(4)15-19(5)17-20/h15-17H,6-10,12,14H2,1-5H3. The zero-order valence-corrected chi connectivity index (χ0v) is 16.2. The minimum absolute atomic E-state index is 0.354. The molecule has 0 amide bonds. The lowest BCUT2D eigenvalue weighted by molar-refractivity contribution is 0.509. The van der Waals surface area contributed by atoms with Gasteiger partial charge in [0.15, 0.2) is 0 Å². The van der Waals surface area contributed by atoms with E-state index in [9.17, 15) is 0 Å². The molecule has 1 heterocycles. The molecule has 1 aromatic carbocycles. The second-order valence-corrected chi connectivity index (χ2v) is 12.7. The summed E-state index contributed by atoms with van der Waals surface area (Å²) in [7, 11) is -1.26. The van der Waals surface area contributed by atoms with E-state index in [-0.39, 0.29) is 0 Å².